The maximum absolute atomic E-state index is 12.0. The van der Waals surface area contributed by atoms with Gasteiger partial charge in [-0.3, -0.25) is 4.79 Å². The molecule has 1 aromatic rings. The molecule has 0 saturated carbocycles. The van der Waals surface area contributed by atoms with Crippen LogP contribution in [0.15, 0.2) is 29.3 Å². The van der Waals surface area contributed by atoms with Gasteiger partial charge >= 0.3 is 12.1 Å². The summed E-state index contributed by atoms with van der Waals surface area (Å²) in [7, 11) is 2.64. The third-order valence-corrected chi connectivity index (χ3v) is 4.74. The topological polar surface area (TPSA) is 140 Å². The minimum Gasteiger partial charge on any atom is -0.858 e. The van der Waals surface area contributed by atoms with Gasteiger partial charge in [0, 0.05) is 29.9 Å². The lowest BCUT2D eigenvalue weighted by atomic mass is 10.2. The molecule has 1 rings (SSSR count). The first-order valence-corrected chi connectivity index (χ1v) is 9.61. The van der Waals surface area contributed by atoms with Crippen LogP contribution >= 0.6 is 21.6 Å². The molecule has 1 aromatic carbocycles. The van der Waals surface area contributed by atoms with Crippen LogP contribution in [0.25, 0.3) is 0 Å². The lowest BCUT2D eigenvalue weighted by Crippen LogP contribution is -2.22. The predicted octanol–water partition coefficient (Wildman–Crippen LogP) is 1.45. The smallest absolute Gasteiger partial charge is 0.433 e. The van der Waals surface area contributed by atoms with Gasteiger partial charge in [-0.05, 0) is 6.07 Å². The van der Waals surface area contributed by atoms with Crippen LogP contribution in [0.1, 0.15) is 12.5 Å². The Morgan fingerprint density at radius 3 is 2.50 bits per heavy atom. The van der Waals surface area contributed by atoms with Gasteiger partial charge in [0.25, 0.3) is 5.09 Å². The van der Waals surface area contributed by atoms with Crippen molar-refractivity contribution in [3.8, 4) is 5.75 Å². The first-order valence-electron chi connectivity index (χ1n) is 7.12. The van der Waals surface area contributed by atoms with Gasteiger partial charge in [0.05, 0.1) is 0 Å². The van der Waals surface area contributed by atoms with Crippen molar-refractivity contribution in [2.24, 2.45) is 4.99 Å². The number of hydrogen-bond acceptors (Lipinski definition) is 10. The molecule has 0 aromatic heterocycles. The fourth-order valence-corrected chi connectivity index (χ4v) is 3.13. The van der Waals surface area contributed by atoms with E-state index in [0.29, 0.717) is 11.5 Å². The molecule has 0 heterocycles. The fourth-order valence-electron chi connectivity index (χ4n) is 1.49. The molecular weight excluding hydrogens is 388 g/mol. The maximum atomic E-state index is 12.0. The summed E-state index contributed by atoms with van der Waals surface area (Å²) < 4.78 is 9.67. The number of aliphatic imine (C=N–C) groups is 1. The Bertz CT molecular complexity index is 668. The molecule has 0 radical (unpaired) electrons. The number of carbonyl (C=O) groups excluding carboxylic acids is 2. The summed E-state index contributed by atoms with van der Waals surface area (Å²) in [5.41, 5.74) is -0.0321. The highest BCUT2D eigenvalue weighted by molar-refractivity contribution is 8.76. The molecule has 0 spiro atoms. The van der Waals surface area contributed by atoms with E-state index < -0.39 is 23.0 Å². The molecule has 12 heteroatoms. The number of amides is 1. The van der Waals surface area contributed by atoms with E-state index in [1.807, 2.05) is 0 Å². The molecule has 0 aliphatic heterocycles. The first-order chi connectivity index (χ1) is 12.4. The van der Waals surface area contributed by atoms with Crippen molar-refractivity contribution in [3.05, 3.63) is 39.9 Å². The zero-order valence-corrected chi connectivity index (χ0v) is 15.2. The van der Waals surface area contributed by atoms with E-state index in [1.165, 1.54) is 46.7 Å². The average Bonchev–Trinajstić information content (AvgIpc) is 2.56. The van der Waals surface area contributed by atoms with Crippen molar-refractivity contribution in [2.45, 2.75) is 6.92 Å². The molecule has 0 aliphatic rings. The van der Waals surface area contributed by atoms with E-state index in [-0.39, 0.29) is 24.5 Å². The molecule has 0 unspecified atom stereocenters. The van der Waals surface area contributed by atoms with Gasteiger partial charge in [-0.2, -0.15) is 4.99 Å². The van der Waals surface area contributed by atoms with E-state index in [4.69, 9.17) is 9.47 Å². The van der Waals surface area contributed by atoms with E-state index in [0.717, 1.165) is 0 Å². The number of nitrogens with zero attached hydrogens (tertiary/aromatic N) is 2. The number of benzene rings is 1. The van der Waals surface area contributed by atoms with Gasteiger partial charge in [0.15, 0.2) is 0 Å². The van der Waals surface area contributed by atoms with Crippen LogP contribution in [0, 0.1) is 10.1 Å². The molecule has 10 nitrogen and oxygen atoms in total. The Balaban J connectivity index is 2.37. The molecular formula is C14H15N2O8S2-. The Kier molecular flexibility index (Phi) is 9.94. The zero-order chi connectivity index (χ0) is 19.4. The Labute approximate surface area is 156 Å². The molecule has 0 bridgehead atoms. The summed E-state index contributed by atoms with van der Waals surface area (Å²) in [6.45, 7) is 1.16. The zero-order valence-electron chi connectivity index (χ0n) is 13.6. The number of hydrogen-bond donors (Lipinski definition) is 0. The third kappa shape index (κ3) is 9.13. The number of ether oxygens (including phenoxy) is 2. The van der Waals surface area contributed by atoms with Crippen molar-refractivity contribution in [2.75, 3.05) is 24.7 Å². The minimum absolute atomic E-state index is 0.00505. The first kappa shape index (κ1) is 21.6. The molecule has 0 atom stereocenters. The molecule has 0 N–H and O–H groups in total. The molecule has 26 heavy (non-hydrogen) atoms. The number of rotatable bonds is 10. The monoisotopic (exact) mass is 403 g/mol. The van der Waals surface area contributed by atoms with Crippen LogP contribution in [0.4, 0.5) is 4.79 Å². The van der Waals surface area contributed by atoms with Gasteiger partial charge in [0.1, 0.15) is 19.0 Å². The second-order valence-electron chi connectivity index (χ2n) is 4.32. The summed E-state index contributed by atoms with van der Waals surface area (Å²) in [5.74, 6) is -0.680. The number of esters is 1. The van der Waals surface area contributed by atoms with Gasteiger partial charge in [-0.25, -0.2) is 4.79 Å². The number of para-hydroxylation sites is 1. The normalized spacial score (nSPS) is 10.9. The summed E-state index contributed by atoms with van der Waals surface area (Å²) in [5, 5.41) is 21.0. The maximum Gasteiger partial charge on any atom is 0.433 e. The molecule has 1 amide bonds. The SMILES string of the molecule is CC(=O)Oc1ccccc1C([O-])=NC(=O)OCCSSCCO[N+](=O)[O-]. The Morgan fingerprint density at radius 2 is 1.85 bits per heavy atom. The average molecular weight is 403 g/mol. The molecule has 0 fully saturated rings. The largest absolute Gasteiger partial charge is 0.858 e. The van der Waals surface area contributed by atoms with Gasteiger partial charge in [-0.15, -0.1) is 10.1 Å². The van der Waals surface area contributed by atoms with E-state index in [2.05, 4.69) is 9.83 Å². The second kappa shape index (κ2) is 12.0. The molecule has 0 saturated heterocycles. The summed E-state index contributed by atoms with van der Waals surface area (Å²) in [6, 6.07) is 5.89. The lowest BCUT2D eigenvalue weighted by Gasteiger charge is -2.14. The van der Waals surface area contributed by atoms with Gasteiger partial charge in [-0.1, -0.05) is 39.8 Å². The molecule has 142 valence electrons. The Hall–Kier alpha value is -2.47. The predicted molar refractivity (Wildman–Crippen MR) is 93.5 cm³/mol. The van der Waals surface area contributed by atoms with Crippen LogP contribution < -0.4 is 9.84 Å². The standard InChI is InChI=1S/C14H16N2O8S2/c1-10(17)24-12-5-3-2-4-11(12)13(18)15-14(19)22-6-8-25-26-9-7-23-16(20)21/h2-5H,6-9H2,1H3,(H,15,18,19)/p-1. The van der Waals surface area contributed by atoms with Crippen molar-refractivity contribution < 1.29 is 34.1 Å². The van der Waals surface area contributed by atoms with Gasteiger partial charge in [0.2, 0.25) is 0 Å². The molecule has 0 aliphatic carbocycles. The van der Waals surface area contributed by atoms with Crippen LogP contribution in [0.3, 0.4) is 0 Å². The van der Waals surface area contributed by atoms with Crippen molar-refractivity contribution >= 4 is 39.5 Å². The van der Waals surface area contributed by atoms with E-state index >= 15 is 0 Å². The summed E-state index contributed by atoms with van der Waals surface area (Å²) >= 11 is 0. The quantitative estimate of drug-likeness (QED) is 0.0823. The minimum atomic E-state index is -1.06. The third-order valence-electron chi connectivity index (χ3n) is 2.40. The highest BCUT2D eigenvalue weighted by Gasteiger charge is 2.07. The van der Waals surface area contributed by atoms with Crippen LogP contribution in [-0.4, -0.2) is 47.8 Å². The van der Waals surface area contributed by atoms with Crippen LogP contribution in [0.5, 0.6) is 5.75 Å². The fraction of sp³-hybridized carbons (Fsp3) is 0.357. The summed E-state index contributed by atoms with van der Waals surface area (Å²) in [6.07, 6.45) is -1.06. The highest BCUT2D eigenvalue weighted by atomic mass is 33.1. The highest BCUT2D eigenvalue weighted by Crippen LogP contribution is 2.20. The van der Waals surface area contributed by atoms with Crippen molar-refractivity contribution in [3.63, 3.8) is 0 Å². The van der Waals surface area contributed by atoms with E-state index in [9.17, 15) is 24.8 Å². The lowest BCUT2D eigenvalue weighted by molar-refractivity contribution is -0.756. The van der Waals surface area contributed by atoms with Crippen molar-refractivity contribution in [1.29, 1.82) is 0 Å². The number of carbonyl (C=O) groups is 2. The van der Waals surface area contributed by atoms with Crippen LogP contribution in [0.2, 0.25) is 0 Å². The summed E-state index contributed by atoms with van der Waals surface area (Å²) in [4.78, 5) is 39.9. The Morgan fingerprint density at radius 1 is 1.19 bits per heavy atom. The van der Waals surface area contributed by atoms with Crippen LogP contribution in [-0.2, 0) is 14.4 Å². The second-order valence-corrected chi connectivity index (χ2v) is 7.02. The van der Waals surface area contributed by atoms with Gasteiger partial charge < -0.3 is 19.4 Å². The van der Waals surface area contributed by atoms with E-state index in [1.54, 1.807) is 6.07 Å². The van der Waals surface area contributed by atoms with Crippen molar-refractivity contribution in [1.82, 2.24) is 0 Å².